The van der Waals surface area contributed by atoms with Gasteiger partial charge in [-0.25, -0.2) is 0 Å². The van der Waals surface area contributed by atoms with E-state index in [-0.39, 0.29) is 6.61 Å². The van der Waals surface area contributed by atoms with Crippen LogP contribution in [0.2, 0.25) is 0 Å². The number of ether oxygens (including phenoxy) is 1. The fourth-order valence-electron chi connectivity index (χ4n) is 2.65. The minimum atomic E-state index is -0.633. The average molecular weight is 396 g/mol. The second-order valence-electron chi connectivity index (χ2n) is 5.93. The van der Waals surface area contributed by atoms with Gasteiger partial charge >= 0.3 is 0 Å². The van der Waals surface area contributed by atoms with E-state index in [1.54, 1.807) is 11.3 Å². The number of hydrogen-bond donors (Lipinski definition) is 1. The van der Waals surface area contributed by atoms with Gasteiger partial charge in [-0.2, -0.15) is 5.26 Å². The number of thioether (sulfide) groups is 1. The minimum absolute atomic E-state index is 0.191. The van der Waals surface area contributed by atoms with Gasteiger partial charge in [0.2, 0.25) is 4.96 Å². The third-order valence-corrected chi connectivity index (χ3v) is 6.05. The lowest BCUT2D eigenvalue weighted by atomic mass is 10.2. The first-order valence-electron chi connectivity index (χ1n) is 8.37. The summed E-state index contributed by atoms with van der Waals surface area (Å²) in [4.78, 5) is 0.849. The van der Waals surface area contributed by atoms with E-state index < -0.39 is 6.10 Å². The molecule has 1 N–H and O–H groups in total. The maximum atomic E-state index is 10.2. The van der Waals surface area contributed by atoms with Crippen LogP contribution in [0.15, 0.2) is 53.7 Å². The Bertz CT molecular complexity index is 1100. The molecule has 4 aromatic rings. The molecule has 0 aliphatic heterocycles. The molecular weight excluding hydrogens is 380 g/mol. The van der Waals surface area contributed by atoms with Gasteiger partial charge in [0.05, 0.1) is 28.8 Å². The van der Waals surface area contributed by atoms with Crippen LogP contribution in [0, 0.1) is 11.3 Å². The molecule has 136 valence electrons. The number of rotatable bonds is 7. The van der Waals surface area contributed by atoms with Crippen LogP contribution in [-0.2, 0) is 6.42 Å². The Balaban J connectivity index is 1.36. The molecule has 4 rings (SSSR count). The summed E-state index contributed by atoms with van der Waals surface area (Å²) < 4.78 is 8.81. The molecule has 0 amide bonds. The lowest BCUT2D eigenvalue weighted by molar-refractivity contribution is 0.126. The first-order valence-corrected chi connectivity index (χ1v) is 10.2. The van der Waals surface area contributed by atoms with E-state index in [2.05, 4.69) is 22.3 Å². The molecule has 0 radical (unpaired) electrons. The molecule has 2 aromatic heterocycles. The number of aliphatic hydroxyl groups excluding tert-OH is 1. The van der Waals surface area contributed by atoms with Crippen molar-refractivity contribution in [3.63, 3.8) is 0 Å². The van der Waals surface area contributed by atoms with Gasteiger partial charge in [-0.1, -0.05) is 47.4 Å². The standard InChI is InChI=1S/C19H16N4O2S2/c20-10-9-13-5-7-15(8-6-13)25-11-14(24)12-26-18-21-22-19-23(18)16-3-1-2-4-17(16)27-19/h1-8,14,24H,9,11-12H2/t14-/m1/s1. The topological polar surface area (TPSA) is 83.4 Å². The number of hydrogen-bond acceptors (Lipinski definition) is 7. The number of fused-ring (bicyclic) bond motifs is 3. The van der Waals surface area contributed by atoms with Gasteiger partial charge in [0, 0.05) is 5.75 Å². The molecule has 2 aromatic carbocycles. The zero-order valence-corrected chi connectivity index (χ0v) is 15.9. The van der Waals surface area contributed by atoms with Gasteiger partial charge in [0.15, 0.2) is 5.16 Å². The Kier molecular flexibility index (Phi) is 5.25. The second kappa shape index (κ2) is 7.96. The van der Waals surface area contributed by atoms with Gasteiger partial charge in [0.1, 0.15) is 12.4 Å². The highest BCUT2D eigenvalue weighted by Gasteiger charge is 2.14. The Morgan fingerprint density at radius 2 is 2.00 bits per heavy atom. The molecule has 0 aliphatic rings. The lowest BCUT2D eigenvalue weighted by Gasteiger charge is -2.11. The predicted octanol–water partition coefficient (Wildman–Crippen LogP) is 3.54. The quantitative estimate of drug-likeness (QED) is 0.481. The first-order chi connectivity index (χ1) is 13.2. The maximum Gasteiger partial charge on any atom is 0.217 e. The van der Waals surface area contributed by atoms with E-state index in [0.29, 0.717) is 17.9 Å². The van der Waals surface area contributed by atoms with Crippen LogP contribution in [0.3, 0.4) is 0 Å². The lowest BCUT2D eigenvalue weighted by Crippen LogP contribution is -2.20. The van der Waals surface area contributed by atoms with Crippen LogP contribution in [0.5, 0.6) is 5.75 Å². The normalized spacial score (nSPS) is 12.3. The molecule has 1 atom stereocenters. The van der Waals surface area contributed by atoms with Crippen molar-refractivity contribution in [2.45, 2.75) is 17.7 Å². The number of para-hydroxylation sites is 1. The third-order valence-electron chi connectivity index (χ3n) is 3.96. The summed E-state index contributed by atoms with van der Waals surface area (Å²) in [6.45, 7) is 0.191. The Hall–Kier alpha value is -2.60. The monoisotopic (exact) mass is 396 g/mol. The smallest absolute Gasteiger partial charge is 0.217 e. The van der Waals surface area contributed by atoms with Crippen molar-refractivity contribution in [2.75, 3.05) is 12.4 Å². The summed E-state index contributed by atoms with van der Waals surface area (Å²) in [5, 5.41) is 28.1. The van der Waals surface area contributed by atoms with E-state index in [0.717, 1.165) is 25.9 Å². The predicted molar refractivity (Wildman–Crippen MR) is 106 cm³/mol. The summed E-state index contributed by atoms with van der Waals surface area (Å²) >= 11 is 3.06. The number of aromatic nitrogens is 3. The molecule has 27 heavy (non-hydrogen) atoms. The van der Waals surface area contributed by atoms with Gasteiger partial charge in [-0.3, -0.25) is 4.40 Å². The fourth-order valence-corrected chi connectivity index (χ4v) is 4.53. The van der Waals surface area contributed by atoms with Gasteiger partial charge in [-0.05, 0) is 29.8 Å². The molecular formula is C19H16N4O2S2. The van der Waals surface area contributed by atoms with Crippen LogP contribution < -0.4 is 4.74 Å². The van der Waals surface area contributed by atoms with Crippen molar-refractivity contribution in [3.8, 4) is 11.8 Å². The van der Waals surface area contributed by atoms with E-state index in [9.17, 15) is 5.11 Å². The van der Waals surface area contributed by atoms with Crippen molar-refractivity contribution in [1.29, 1.82) is 5.26 Å². The Morgan fingerprint density at radius 1 is 1.19 bits per heavy atom. The zero-order valence-electron chi connectivity index (χ0n) is 14.3. The van der Waals surface area contributed by atoms with E-state index in [4.69, 9.17) is 10.00 Å². The summed E-state index contributed by atoms with van der Waals surface area (Å²) in [5.74, 6) is 1.13. The molecule has 0 fully saturated rings. The average Bonchev–Trinajstić information content (AvgIpc) is 3.25. The van der Waals surface area contributed by atoms with E-state index in [1.807, 2.05) is 46.9 Å². The van der Waals surface area contributed by atoms with E-state index >= 15 is 0 Å². The molecule has 0 bridgehead atoms. The molecule has 0 unspecified atom stereocenters. The molecule has 0 saturated heterocycles. The van der Waals surface area contributed by atoms with Gasteiger partial charge < -0.3 is 9.84 Å². The summed E-state index contributed by atoms with van der Waals surface area (Å²) in [6.07, 6.45) is -0.255. The van der Waals surface area contributed by atoms with Crippen molar-refractivity contribution in [2.24, 2.45) is 0 Å². The van der Waals surface area contributed by atoms with E-state index in [1.165, 1.54) is 11.8 Å². The summed E-state index contributed by atoms with van der Waals surface area (Å²) in [6, 6.07) is 17.6. The van der Waals surface area contributed by atoms with Crippen LogP contribution in [0.4, 0.5) is 0 Å². The fraction of sp³-hybridized carbons (Fsp3) is 0.211. The number of aliphatic hydroxyl groups is 1. The number of nitriles is 1. The molecule has 0 spiro atoms. The van der Waals surface area contributed by atoms with Gasteiger partial charge in [0.25, 0.3) is 0 Å². The molecule has 8 heteroatoms. The Labute approximate surface area is 164 Å². The van der Waals surface area contributed by atoms with Crippen LogP contribution >= 0.6 is 23.1 Å². The van der Waals surface area contributed by atoms with Crippen molar-refractivity contribution in [1.82, 2.24) is 14.6 Å². The van der Waals surface area contributed by atoms with Crippen LogP contribution in [-0.4, -0.2) is 38.2 Å². The number of nitrogens with zero attached hydrogens (tertiary/aromatic N) is 4. The van der Waals surface area contributed by atoms with Crippen molar-refractivity contribution < 1.29 is 9.84 Å². The Morgan fingerprint density at radius 3 is 2.81 bits per heavy atom. The second-order valence-corrected chi connectivity index (χ2v) is 7.92. The maximum absolute atomic E-state index is 10.2. The highest BCUT2D eigenvalue weighted by Crippen LogP contribution is 2.29. The number of benzene rings is 2. The molecule has 6 nitrogen and oxygen atoms in total. The van der Waals surface area contributed by atoms with Crippen molar-refractivity contribution >= 4 is 38.3 Å². The summed E-state index contributed by atoms with van der Waals surface area (Å²) in [7, 11) is 0. The summed E-state index contributed by atoms with van der Waals surface area (Å²) in [5.41, 5.74) is 2.02. The van der Waals surface area contributed by atoms with Gasteiger partial charge in [-0.15, -0.1) is 10.2 Å². The zero-order chi connectivity index (χ0) is 18.6. The molecule has 2 heterocycles. The van der Waals surface area contributed by atoms with Crippen molar-refractivity contribution in [3.05, 3.63) is 54.1 Å². The highest BCUT2D eigenvalue weighted by molar-refractivity contribution is 7.99. The largest absolute Gasteiger partial charge is 0.491 e. The molecule has 0 aliphatic carbocycles. The third kappa shape index (κ3) is 3.90. The number of thiazole rings is 1. The van der Waals surface area contributed by atoms with Crippen LogP contribution in [0.1, 0.15) is 5.56 Å². The molecule has 0 saturated carbocycles. The SMILES string of the molecule is N#CCc1ccc(OC[C@@H](O)CSc2nnc3sc4ccccc4n23)cc1. The first kappa shape index (κ1) is 17.8. The highest BCUT2D eigenvalue weighted by atomic mass is 32.2. The minimum Gasteiger partial charge on any atom is -0.491 e. The van der Waals surface area contributed by atoms with Crippen LogP contribution in [0.25, 0.3) is 15.2 Å².